The molecule has 1 aromatic rings. The molecule has 3 unspecified atom stereocenters. The van der Waals surface area contributed by atoms with Crippen molar-refractivity contribution in [2.24, 2.45) is 11.8 Å². The Morgan fingerprint density at radius 2 is 2.20 bits per heavy atom. The highest BCUT2D eigenvalue weighted by atomic mass is 79.9. The number of fused-ring (bicyclic) bond motifs is 2. The Hall–Kier alpha value is -0.340. The number of hydrogen-bond donors (Lipinski definition) is 1. The molecule has 1 aromatic carbocycles. The third-order valence-electron chi connectivity index (χ3n) is 3.86. The maximum absolute atomic E-state index is 10.5. The quantitative estimate of drug-likeness (QED) is 0.765. The van der Waals surface area contributed by atoms with Crippen molar-refractivity contribution in [3.63, 3.8) is 0 Å². The molecule has 1 nitrogen and oxygen atoms in total. The molecule has 1 N–H and O–H groups in total. The van der Waals surface area contributed by atoms with Crippen molar-refractivity contribution in [1.82, 2.24) is 0 Å². The summed E-state index contributed by atoms with van der Waals surface area (Å²) >= 11 is 3.48. The van der Waals surface area contributed by atoms with Crippen molar-refractivity contribution in [3.8, 4) is 0 Å². The van der Waals surface area contributed by atoms with Crippen LogP contribution in [0, 0.1) is 11.8 Å². The Balaban J connectivity index is 2.12. The zero-order valence-electron chi connectivity index (χ0n) is 8.83. The third-order valence-corrected chi connectivity index (χ3v) is 4.36. The van der Waals surface area contributed by atoms with Crippen molar-refractivity contribution in [3.05, 3.63) is 33.8 Å². The van der Waals surface area contributed by atoms with Gasteiger partial charge in [0, 0.05) is 4.47 Å². The summed E-state index contributed by atoms with van der Waals surface area (Å²) in [5.41, 5.74) is 1.84. The van der Waals surface area contributed by atoms with Crippen molar-refractivity contribution in [1.29, 1.82) is 0 Å². The smallest absolute Gasteiger partial charge is 0.0874 e. The van der Waals surface area contributed by atoms with E-state index in [0.29, 0.717) is 0 Å². The fraction of sp³-hybridized carbons (Fsp3) is 0.538. The molecule has 15 heavy (non-hydrogen) atoms. The van der Waals surface area contributed by atoms with Gasteiger partial charge in [0.2, 0.25) is 0 Å². The molecule has 1 fully saturated rings. The average Bonchev–Trinajstić information content (AvgIpc) is 2.85. The van der Waals surface area contributed by atoms with Crippen LogP contribution in [0.15, 0.2) is 22.7 Å². The molecule has 0 aromatic heterocycles. The molecule has 2 aliphatic rings. The van der Waals surface area contributed by atoms with Crippen LogP contribution in [0.4, 0.5) is 0 Å². The van der Waals surface area contributed by atoms with E-state index in [1.54, 1.807) is 0 Å². The van der Waals surface area contributed by atoms with Crippen LogP contribution in [-0.2, 0) is 12.0 Å². The van der Waals surface area contributed by atoms with E-state index >= 15 is 0 Å². The van der Waals surface area contributed by atoms with Gasteiger partial charge in [0.25, 0.3) is 0 Å². The highest BCUT2D eigenvalue weighted by Crippen LogP contribution is 2.52. The van der Waals surface area contributed by atoms with Crippen LogP contribution >= 0.6 is 15.9 Å². The second kappa shape index (κ2) is 3.08. The minimum Gasteiger partial charge on any atom is -0.385 e. The van der Waals surface area contributed by atoms with Crippen molar-refractivity contribution in [2.45, 2.75) is 31.8 Å². The van der Waals surface area contributed by atoms with Crippen LogP contribution in [0.5, 0.6) is 0 Å². The van der Waals surface area contributed by atoms with E-state index in [1.165, 1.54) is 12.0 Å². The van der Waals surface area contributed by atoms with Gasteiger partial charge in [-0.1, -0.05) is 22.0 Å². The van der Waals surface area contributed by atoms with Gasteiger partial charge in [-0.2, -0.15) is 0 Å². The van der Waals surface area contributed by atoms with Gasteiger partial charge in [0.1, 0.15) is 0 Å². The van der Waals surface area contributed by atoms with E-state index in [4.69, 9.17) is 0 Å². The standard InChI is InChI=1S/C13H15BrO/c1-13(15)7-10-5-9(10)4-8-2-3-11(14)6-12(8)13/h2-3,6,9-10,15H,4-5,7H2,1H3. The van der Waals surface area contributed by atoms with Gasteiger partial charge in [0.15, 0.2) is 0 Å². The van der Waals surface area contributed by atoms with Crippen LogP contribution in [0.25, 0.3) is 0 Å². The summed E-state index contributed by atoms with van der Waals surface area (Å²) < 4.78 is 1.07. The van der Waals surface area contributed by atoms with Gasteiger partial charge < -0.3 is 5.11 Å². The summed E-state index contributed by atoms with van der Waals surface area (Å²) in [6.45, 7) is 1.96. The second-order valence-corrected chi connectivity index (χ2v) is 6.16. The highest BCUT2D eigenvalue weighted by Gasteiger charge is 2.45. The molecule has 80 valence electrons. The first-order chi connectivity index (χ1) is 7.06. The van der Waals surface area contributed by atoms with Gasteiger partial charge in [-0.25, -0.2) is 0 Å². The summed E-state index contributed by atoms with van der Waals surface area (Å²) in [6, 6.07) is 6.33. The molecule has 0 saturated heterocycles. The lowest BCUT2D eigenvalue weighted by atomic mass is 9.88. The third kappa shape index (κ3) is 1.64. The molecule has 2 aliphatic carbocycles. The Morgan fingerprint density at radius 1 is 1.40 bits per heavy atom. The van der Waals surface area contributed by atoms with Crippen molar-refractivity contribution in [2.75, 3.05) is 0 Å². The molecule has 0 bridgehead atoms. The Morgan fingerprint density at radius 3 is 3.00 bits per heavy atom. The predicted octanol–water partition coefficient (Wildman–Crippen LogP) is 3.24. The van der Waals surface area contributed by atoms with E-state index in [1.807, 2.05) is 6.92 Å². The van der Waals surface area contributed by atoms with Crippen LogP contribution in [0.3, 0.4) is 0 Å². The predicted molar refractivity (Wildman–Crippen MR) is 63.6 cm³/mol. The summed E-state index contributed by atoms with van der Waals surface area (Å²) in [5.74, 6) is 1.59. The molecule has 0 heterocycles. The van der Waals surface area contributed by atoms with E-state index < -0.39 is 5.60 Å². The van der Waals surface area contributed by atoms with Gasteiger partial charge in [0.05, 0.1) is 5.60 Å². The minimum absolute atomic E-state index is 0.630. The molecule has 1 saturated carbocycles. The molecule has 2 heteroatoms. The molecule has 3 rings (SSSR count). The van der Waals surface area contributed by atoms with Crippen LogP contribution in [0.2, 0.25) is 0 Å². The van der Waals surface area contributed by atoms with Gasteiger partial charge in [-0.15, -0.1) is 0 Å². The topological polar surface area (TPSA) is 20.2 Å². The number of aliphatic hydroxyl groups is 1. The summed E-state index contributed by atoms with van der Waals surface area (Å²) in [6.07, 6.45) is 3.40. The maximum Gasteiger partial charge on any atom is 0.0874 e. The molecular formula is C13H15BrO. The van der Waals surface area contributed by atoms with Gasteiger partial charge >= 0.3 is 0 Å². The monoisotopic (exact) mass is 266 g/mol. The van der Waals surface area contributed by atoms with Crippen molar-refractivity contribution < 1.29 is 5.11 Å². The minimum atomic E-state index is -0.630. The molecule has 0 amide bonds. The second-order valence-electron chi connectivity index (χ2n) is 5.24. The largest absolute Gasteiger partial charge is 0.385 e. The Labute approximate surface area is 98.6 Å². The molecule has 0 aliphatic heterocycles. The normalized spacial score (nSPS) is 37.8. The lowest BCUT2D eigenvalue weighted by Crippen LogP contribution is -2.22. The van der Waals surface area contributed by atoms with Crippen LogP contribution < -0.4 is 0 Å². The van der Waals surface area contributed by atoms with Gasteiger partial charge in [-0.3, -0.25) is 0 Å². The SMILES string of the molecule is CC1(O)CC2CC2Cc2ccc(Br)cc21. The molecule has 0 radical (unpaired) electrons. The summed E-state index contributed by atoms with van der Waals surface area (Å²) in [4.78, 5) is 0. The zero-order chi connectivity index (χ0) is 10.6. The van der Waals surface area contributed by atoms with Crippen LogP contribution in [0.1, 0.15) is 30.9 Å². The first-order valence-electron chi connectivity index (χ1n) is 5.57. The van der Waals surface area contributed by atoms with E-state index in [0.717, 1.165) is 34.7 Å². The first kappa shape index (κ1) is 9.86. The number of rotatable bonds is 0. The van der Waals surface area contributed by atoms with Gasteiger partial charge in [-0.05, 0) is 61.3 Å². The number of benzene rings is 1. The fourth-order valence-electron chi connectivity index (χ4n) is 2.94. The van der Waals surface area contributed by atoms with E-state index in [-0.39, 0.29) is 0 Å². The lowest BCUT2D eigenvalue weighted by molar-refractivity contribution is 0.0419. The van der Waals surface area contributed by atoms with E-state index in [2.05, 4.69) is 34.1 Å². The maximum atomic E-state index is 10.5. The summed E-state index contributed by atoms with van der Waals surface area (Å²) in [7, 11) is 0. The number of hydrogen-bond acceptors (Lipinski definition) is 1. The Bertz CT molecular complexity index is 411. The van der Waals surface area contributed by atoms with E-state index in [9.17, 15) is 5.11 Å². The summed E-state index contributed by atoms with van der Waals surface area (Å²) in [5, 5.41) is 10.5. The highest BCUT2D eigenvalue weighted by molar-refractivity contribution is 9.10. The number of halogens is 1. The Kier molecular flexibility index (Phi) is 2.02. The van der Waals surface area contributed by atoms with Crippen molar-refractivity contribution >= 4 is 15.9 Å². The first-order valence-corrected chi connectivity index (χ1v) is 6.37. The molecule has 0 spiro atoms. The molecule has 3 atom stereocenters. The fourth-order valence-corrected chi connectivity index (χ4v) is 3.30. The van der Waals surface area contributed by atoms with Crippen LogP contribution in [-0.4, -0.2) is 5.11 Å². The zero-order valence-corrected chi connectivity index (χ0v) is 10.4. The molecular weight excluding hydrogens is 252 g/mol. The lowest BCUT2D eigenvalue weighted by Gasteiger charge is -2.25. The average molecular weight is 267 g/mol.